The zero-order valence-corrected chi connectivity index (χ0v) is 12.4. The third kappa shape index (κ3) is 11.6. The molecule has 1 aromatic carbocycles. The smallest absolute Gasteiger partial charge is 0.264 e. The van der Waals surface area contributed by atoms with Gasteiger partial charge in [-0.15, -0.1) is 0 Å². The van der Waals surface area contributed by atoms with Crippen molar-refractivity contribution in [2.24, 2.45) is 0 Å². The van der Waals surface area contributed by atoms with Crippen molar-refractivity contribution >= 4 is 10.1 Å². The van der Waals surface area contributed by atoms with Gasteiger partial charge in [-0.25, -0.2) is 0 Å². The van der Waals surface area contributed by atoms with Gasteiger partial charge >= 0.3 is 0 Å². The van der Waals surface area contributed by atoms with Gasteiger partial charge in [0.15, 0.2) is 0 Å². The first-order chi connectivity index (χ1) is 8.14. The van der Waals surface area contributed by atoms with E-state index in [-0.39, 0.29) is 5.75 Å². The summed E-state index contributed by atoms with van der Waals surface area (Å²) in [5.41, 5.74) is 1.40. The molecule has 0 unspecified atom stereocenters. The maximum absolute atomic E-state index is 9.79. The summed E-state index contributed by atoms with van der Waals surface area (Å²) in [6.45, 7) is 2.79. The minimum Gasteiger partial charge on any atom is -0.327 e. The fourth-order valence-corrected chi connectivity index (χ4v) is 1.91. The van der Waals surface area contributed by atoms with E-state index in [1.165, 1.54) is 5.56 Å². The first-order valence-electron chi connectivity index (χ1n) is 5.93. The maximum Gasteiger partial charge on any atom is 0.264 e. The van der Waals surface area contributed by atoms with Crippen molar-refractivity contribution in [3.63, 3.8) is 0 Å². The van der Waals surface area contributed by atoms with Gasteiger partial charge in [-0.3, -0.25) is 4.55 Å². The molecule has 1 rings (SSSR count). The fourth-order valence-electron chi connectivity index (χ4n) is 1.39. The molecule has 1 N–H and O–H groups in total. The van der Waals surface area contributed by atoms with Crippen LogP contribution in [0.1, 0.15) is 18.9 Å². The molecule has 4 nitrogen and oxygen atoms in total. The zero-order valence-electron chi connectivity index (χ0n) is 11.6. The van der Waals surface area contributed by atoms with Gasteiger partial charge in [-0.2, -0.15) is 8.42 Å². The summed E-state index contributed by atoms with van der Waals surface area (Å²) < 4.78 is 28.6. The highest BCUT2D eigenvalue weighted by atomic mass is 32.2. The van der Waals surface area contributed by atoms with E-state index in [4.69, 9.17) is 4.55 Å². The molecule has 5 heteroatoms. The average Bonchev–Trinajstić information content (AvgIpc) is 2.15. The van der Waals surface area contributed by atoms with E-state index in [0.717, 1.165) is 11.0 Å². The molecule has 0 saturated heterocycles. The Kier molecular flexibility index (Phi) is 7.13. The first-order valence-corrected chi connectivity index (χ1v) is 7.54. The highest BCUT2D eigenvalue weighted by Crippen LogP contribution is 2.05. The number of nitrogens with zero attached hydrogens (tertiary/aromatic N) is 1. The Morgan fingerprint density at radius 2 is 1.61 bits per heavy atom. The van der Waals surface area contributed by atoms with Crippen molar-refractivity contribution in [2.75, 3.05) is 26.9 Å². The Labute approximate surface area is 111 Å². The van der Waals surface area contributed by atoms with Crippen LogP contribution in [0.15, 0.2) is 30.3 Å². The van der Waals surface area contributed by atoms with Crippen molar-refractivity contribution in [3.05, 3.63) is 35.9 Å². The van der Waals surface area contributed by atoms with E-state index in [2.05, 4.69) is 51.5 Å². The SMILES string of the molecule is CCCS(=O)(=O)O.C[N+](C)(C)Cc1ccccc1. The van der Waals surface area contributed by atoms with Crippen molar-refractivity contribution < 1.29 is 17.5 Å². The highest BCUT2D eigenvalue weighted by Gasteiger charge is 2.06. The van der Waals surface area contributed by atoms with Crippen molar-refractivity contribution in [2.45, 2.75) is 19.9 Å². The molecule has 0 aromatic heterocycles. The Bertz CT molecular complexity index is 421. The van der Waals surface area contributed by atoms with Gasteiger partial charge in [0.25, 0.3) is 10.1 Å². The average molecular weight is 274 g/mol. The zero-order chi connectivity index (χ0) is 14.2. The van der Waals surface area contributed by atoms with Gasteiger partial charge in [-0.05, 0) is 6.42 Å². The van der Waals surface area contributed by atoms with Crippen LogP contribution in [0.2, 0.25) is 0 Å². The molecular formula is C13H24NO3S+. The molecule has 0 atom stereocenters. The standard InChI is InChI=1S/C10H16N.C3H8O3S/c1-11(2,3)9-10-7-5-4-6-8-10;1-2-3-7(4,5)6/h4-8H,9H2,1-3H3;2-3H2,1H3,(H,4,5,6)/q+1;. The van der Waals surface area contributed by atoms with E-state index in [9.17, 15) is 8.42 Å². The van der Waals surface area contributed by atoms with Gasteiger partial charge in [0, 0.05) is 5.56 Å². The summed E-state index contributed by atoms with van der Waals surface area (Å²) in [7, 11) is 2.93. The summed E-state index contributed by atoms with van der Waals surface area (Å²) in [4.78, 5) is 0. The lowest BCUT2D eigenvalue weighted by molar-refractivity contribution is -0.884. The van der Waals surface area contributed by atoms with E-state index in [0.29, 0.717) is 6.42 Å². The third-order valence-electron chi connectivity index (χ3n) is 1.96. The molecule has 0 bridgehead atoms. The largest absolute Gasteiger partial charge is 0.327 e. The molecule has 1 aromatic rings. The van der Waals surface area contributed by atoms with Crippen LogP contribution in [0.25, 0.3) is 0 Å². The van der Waals surface area contributed by atoms with E-state index in [1.54, 1.807) is 6.92 Å². The molecule has 0 amide bonds. The van der Waals surface area contributed by atoms with Crippen LogP contribution < -0.4 is 0 Å². The van der Waals surface area contributed by atoms with Gasteiger partial charge in [0.1, 0.15) is 6.54 Å². The van der Waals surface area contributed by atoms with Crippen LogP contribution in [0.5, 0.6) is 0 Å². The summed E-state index contributed by atoms with van der Waals surface area (Å²) in [5, 5.41) is 0. The van der Waals surface area contributed by atoms with Gasteiger partial charge in [-0.1, -0.05) is 37.3 Å². The van der Waals surface area contributed by atoms with Crippen LogP contribution >= 0.6 is 0 Å². The van der Waals surface area contributed by atoms with Crippen LogP contribution in [0.4, 0.5) is 0 Å². The molecule has 0 radical (unpaired) electrons. The maximum atomic E-state index is 9.79. The lowest BCUT2D eigenvalue weighted by Crippen LogP contribution is -2.33. The second-order valence-corrected chi connectivity index (χ2v) is 6.79. The molecule has 0 saturated carbocycles. The minimum atomic E-state index is -3.67. The molecule has 0 aliphatic heterocycles. The molecular weight excluding hydrogens is 250 g/mol. The van der Waals surface area contributed by atoms with Gasteiger partial charge < -0.3 is 4.48 Å². The predicted molar refractivity (Wildman–Crippen MR) is 74.9 cm³/mol. The lowest BCUT2D eigenvalue weighted by Gasteiger charge is -2.23. The van der Waals surface area contributed by atoms with Crippen molar-refractivity contribution in [3.8, 4) is 0 Å². The van der Waals surface area contributed by atoms with Gasteiger partial charge in [0.2, 0.25) is 0 Å². The fraction of sp³-hybridized carbons (Fsp3) is 0.538. The number of quaternary nitrogens is 1. The van der Waals surface area contributed by atoms with Crippen LogP contribution in [0.3, 0.4) is 0 Å². The van der Waals surface area contributed by atoms with E-state index in [1.807, 2.05) is 0 Å². The van der Waals surface area contributed by atoms with Crippen LogP contribution in [-0.4, -0.2) is 44.3 Å². The molecule has 0 heterocycles. The number of hydrogen-bond acceptors (Lipinski definition) is 2. The molecule has 0 aliphatic rings. The molecule has 0 aliphatic carbocycles. The first kappa shape index (κ1) is 17.1. The number of hydrogen-bond donors (Lipinski definition) is 1. The quantitative estimate of drug-likeness (QED) is 0.676. The number of rotatable bonds is 4. The topological polar surface area (TPSA) is 54.4 Å². The lowest BCUT2D eigenvalue weighted by atomic mass is 10.2. The monoisotopic (exact) mass is 274 g/mol. The summed E-state index contributed by atoms with van der Waals surface area (Å²) >= 11 is 0. The van der Waals surface area contributed by atoms with Crippen LogP contribution in [0, 0.1) is 0 Å². The number of benzene rings is 1. The Balaban J connectivity index is 0.000000360. The summed E-state index contributed by atoms with van der Waals surface area (Å²) in [6, 6.07) is 10.6. The minimum absolute atomic E-state index is 0.132. The van der Waals surface area contributed by atoms with E-state index < -0.39 is 10.1 Å². The molecule has 0 spiro atoms. The Hall–Kier alpha value is -0.910. The second kappa shape index (κ2) is 7.51. The van der Waals surface area contributed by atoms with Crippen LogP contribution in [-0.2, 0) is 16.7 Å². The highest BCUT2D eigenvalue weighted by molar-refractivity contribution is 7.85. The Morgan fingerprint density at radius 1 is 1.11 bits per heavy atom. The molecule has 18 heavy (non-hydrogen) atoms. The normalized spacial score (nSPS) is 11.6. The summed E-state index contributed by atoms with van der Waals surface area (Å²) in [5.74, 6) is -0.132. The van der Waals surface area contributed by atoms with E-state index >= 15 is 0 Å². The molecule has 104 valence electrons. The van der Waals surface area contributed by atoms with Gasteiger partial charge in [0.05, 0.1) is 26.9 Å². The van der Waals surface area contributed by atoms with Crippen molar-refractivity contribution in [1.29, 1.82) is 0 Å². The molecule has 0 fully saturated rings. The van der Waals surface area contributed by atoms with Crippen molar-refractivity contribution in [1.82, 2.24) is 0 Å². The third-order valence-corrected chi connectivity index (χ3v) is 2.89. The second-order valence-electron chi connectivity index (χ2n) is 5.22. The Morgan fingerprint density at radius 3 is 1.89 bits per heavy atom. The predicted octanol–water partition coefficient (Wildman–Crippen LogP) is 2.18. The summed E-state index contributed by atoms with van der Waals surface area (Å²) in [6.07, 6.45) is 0.471.